The Labute approximate surface area is 103 Å². The van der Waals surface area contributed by atoms with Crippen LogP contribution < -0.4 is 5.73 Å². The molecule has 2 atom stereocenters. The number of hydrogen-bond acceptors (Lipinski definition) is 3. The Morgan fingerprint density at radius 3 is 2.94 bits per heavy atom. The van der Waals surface area contributed by atoms with E-state index in [1.165, 1.54) is 0 Å². The van der Waals surface area contributed by atoms with E-state index in [1.54, 1.807) is 18.1 Å². The highest BCUT2D eigenvalue weighted by Crippen LogP contribution is 2.28. The van der Waals surface area contributed by atoms with E-state index in [2.05, 4.69) is 20.9 Å². The van der Waals surface area contributed by atoms with Gasteiger partial charge in [0.25, 0.3) is 0 Å². The van der Waals surface area contributed by atoms with Crippen molar-refractivity contribution in [1.29, 1.82) is 0 Å². The molecule has 0 aromatic carbocycles. The molecule has 0 saturated carbocycles. The lowest BCUT2D eigenvalue weighted by molar-refractivity contribution is -0.135. The monoisotopic (exact) mass is 283 g/mol. The van der Waals surface area contributed by atoms with Gasteiger partial charge in [-0.2, -0.15) is 0 Å². The van der Waals surface area contributed by atoms with Gasteiger partial charge in [-0.25, -0.2) is 0 Å². The van der Waals surface area contributed by atoms with Crippen molar-refractivity contribution in [2.24, 2.45) is 5.73 Å². The van der Waals surface area contributed by atoms with Crippen molar-refractivity contribution >= 4 is 21.8 Å². The number of pyridine rings is 1. The summed E-state index contributed by atoms with van der Waals surface area (Å²) in [4.78, 5) is 17.6. The van der Waals surface area contributed by atoms with Crippen LogP contribution in [0.4, 0.5) is 0 Å². The number of amides is 1. The predicted molar refractivity (Wildman–Crippen MR) is 64.7 cm³/mol. The van der Waals surface area contributed by atoms with Crippen LogP contribution in [0.15, 0.2) is 22.8 Å². The number of carbonyl (C=O) groups is 1. The van der Waals surface area contributed by atoms with Crippen molar-refractivity contribution in [1.82, 2.24) is 9.88 Å². The normalized spacial score (nSPS) is 25.9. The van der Waals surface area contributed by atoms with E-state index in [0.717, 1.165) is 16.6 Å². The lowest BCUT2D eigenvalue weighted by Crippen LogP contribution is -2.47. The minimum atomic E-state index is -0.102. The number of aromatic nitrogens is 1. The lowest BCUT2D eigenvalue weighted by atomic mass is 9.94. The molecular weight excluding hydrogens is 270 g/mol. The van der Waals surface area contributed by atoms with E-state index in [1.807, 2.05) is 12.1 Å². The van der Waals surface area contributed by atoms with E-state index in [9.17, 15) is 4.79 Å². The smallest absolute Gasteiger partial charge is 0.222 e. The minimum absolute atomic E-state index is 0.0311. The van der Waals surface area contributed by atoms with E-state index in [0.29, 0.717) is 6.42 Å². The highest BCUT2D eigenvalue weighted by Gasteiger charge is 2.33. The third kappa shape index (κ3) is 2.10. The first-order valence-corrected chi connectivity index (χ1v) is 6.01. The molecular formula is C11H14BrN3O. The van der Waals surface area contributed by atoms with Gasteiger partial charge in [0.05, 0.1) is 11.7 Å². The number of halogens is 1. The zero-order chi connectivity index (χ0) is 11.7. The van der Waals surface area contributed by atoms with Gasteiger partial charge < -0.3 is 10.6 Å². The largest absolute Gasteiger partial charge is 0.336 e. The Hall–Kier alpha value is -0.940. The van der Waals surface area contributed by atoms with Crippen LogP contribution in [0.25, 0.3) is 0 Å². The van der Waals surface area contributed by atoms with Crippen molar-refractivity contribution in [2.45, 2.75) is 24.9 Å². The fourth-order valence-electron chi connectivity index (χ4n) is 2.05. The number of nitrogens with zero attached hydrogens (tertiary/aromatic N) is 2. The molecule has 16 heavy (non-hydrogen) atoms. The average molecular weight is 284 g/mol. The molecule has 2 heterocycles. The number of nitrogens with two attached hydrogens (primary N) is 1. The molecule has 0 radical (unpaired) electrons. The first kappa shape index (κ1) is 11.5. The second-order valence-corrected chi connectivity index (χ2v) is 4.97. The molecule has 2 unspecified atom stereocenters. The van der Waals surface area contributed by atoms with E-state index < -0.39 is 0 Å². The summed E-state index contributed by atoms with van der Waals surface area (Å²) in [6, 6.07) is 3.69. The molecule has 5 heteroatoms. The van der Waals surface area contributed by atoms with Crippen LogP contribution in [0.1, 0.15) is 24.6 Å². The molecule has 0 bridgehead atoms. The Bertz CT molecular complexity index is 393. The molecule has 2 N–H and O–H groups in total. The molecule has 1 aromatic rings. The van der Waals surface area contributed by atoms with Crippen LogP contribution in [0.3, 0.4) is 0 Å². The van der Waals surface area contributed by atoms with Gasteiger partial charge in [-0.15, -0.1) is 0 Å². The molecule has 0 spiro atoms. The zero-order valence-electron chi connectivity index (χ0n) is 9.06. The van der Waals surface area contributed by atoms with Crippen LogP contribution in [-0.4, -0.2) is 28.9 Å². The predicted octanol–water partition coefficient (Wildman–Crippen LogP) is 1.46. The summed E-state index contributed by atoms with van der Waals surface area (Å²) < 4.78 is 0.926. The van der Waals surface area contributed by atoms with Crippen molar-refractivity contribution in [3.63, 3.8) is 0 Å². The van der Waals surface area contributed by atoms with Gasteiger partial charge in [-0.3, -0.25) is 9.78 Å². The molecule has 4 nitrogen and oxygen atoms in total. The number of likely N-dealkylation sites (N-methyl/N-ethyl adjacent to an activating group) is 1. The van der Waals surface area contributed by atoms with Gasteiger partial charge in [-0.05, 0) is 34.5 Å². The first-order valence-electron chi connectivity index (χ1n) is 5.22. The lowest BCUT2D eigenvalue weighted by Gasteiger charge is -2.36. The zero-order valence-corrected chi connectivity index (χ0v) is 10.6. The minimum Gasteiger partial charge on any atom is -0.336 e. The third-order valence-electron chi connectivity index (χ3n) is 2.96. The Balaban J connectivity index is 2.29. The van der Waals surface area contributed by atoms with Crippen LogP contribution in [0, 0.1) is 0 Å². The first-order chi connectivity index (χ1) is 7.59. The maximum Gasteiger partial charge on any atom is 0.222 e. The Morgan fingerprint density at radius 2 is 2.31 bits per heavy atom. The SMILES string of the molecule is CN1C(=O)CCC(N)C1c1ccc(Br)cn1. The van der Waals surface area contributed by atoms with Gasteiger partial charge >= 0.3 is 0 Å². The number of rotatable bonds is 1. The molecule has 1 fully saturated rings. The topological polar surface area (TPSA) is 59.2 Å². The second kappa shape index (κ2) is 4.51. The number of likely N-dealkylation sites (tertiary alicyclic amines) is 1. The average Bonchev–Trinajstić information content (AvgIpc) is 2.27. The number of hydrogen-bond donors (Lipinski definition) is 1. The third-order valence-corrected chi connectivity index (χ3v) is 3.43. The summed E-state index contributed by atoms with van der Waals surface area (Å²) in [6.07, 6.45) is 2.99. The summed E-state index contributed by atoms with van der Waals surface area (Å²) in [6.45, 7) is 0. The quantitative estimate of drug-likeness (QED) is 0.849. The maximum atomic E-state index is 11.6. The van der Waals surface area contributed by atoms with Crippen LogP contribution in [-0.2, 0) is 4.79 Å². The van der Waals surface area contributed by atoms with E-state index in [4.69, 9.17) is 5.73 Å². The van der Waals surface area contributed by atoms with Gasteiger partial charge in [0.1, 0.15) is 0 Å². The molecule has 1 aliphatic rings. The van der Waals surface area contributed by atoms with Gasteiger partial charge in [0, 0.05) is 30.2 Å². The van der Waals surface area contributed by atoms with Crippen molar-refractivity contribution < 1.29 is 4.79 Å². The summed E-state index contributed by atoms with van der Waals surface area (Å²) in [7, 11) is 1.79. The van der Waals surface area contributed by atoms with Gasteiger partial charge in [0.2, 0.25) is 5.91 Å². The van der Waals surface area contributed by atoms with Crippen LogP contribution in [0.2, 0.25) is 0 Å². The number of carbonyl (C=O) groups excluding carboxylic acids is 1. The molecule has 1 amide bonds. The van der Waals surface area contributed by atoms with Crippen molar-refractivity contribution in [3.05, 3.63) is 28.5 Å². The molecule has 1 aliphatic heterocycles. The van der Waals surface area contributed by atoms with Crippen LogP contribution >= 0.6 is 15.9 Å². The van der Waals surface area contributed by atoms with E-state index >= 15 is 0 Å². The standard InChI is InChI=1S/C11H14BrN3O/c1-15-10(16)5-3-8(13)11(15)9-4-2-7(12)6-14-9/h2,4,6,8,11H,3,5,13H2,1H3. The number of piperidine rings is 1. The Kier molecular flexibility index (Phi) is 3.25. The van der Waals surface area contributed by atoms with Crippen molar-refractivity contribution in [2.75, 3.05) is 7.05 Å². The summed E-state index contributed by atoms with van der Waals surface area (Å²) in [5.41, 5.74) is 6.91. The van der Waals surface area contributed by atoms with Crippen molar-refractivity contribution in [3.8, 4) is 0 Å². The molecule has 1 saturated heterocycles. The maximum absolute atomic E-state index is 11.6. The molecule has 0 aliphatic carbocycles. The summed E-state index contributed by atoms with van der Waals surface area (Å²) >= 11 is 3.34. The molecule has 1 aromatic heterocycles. The van der Waals surface area contributed by atoms with Gasteiger partial charge in [0.15, 0.2) is 0 Å². The van der Waals surface area contributed by atoms with E-state index in [-0.39, 0.29) is 18.0 Å². The Morgan fingerprint density at radius 1 is 1.56 bits per heavy atom. The molecule has 86 valence electrons. The second-order valence-electron chi connectivity index (χ2n) is 4.05. The van der Waals surface area contributed by atoms with Crippen LogP contribution in [0.5, 0.6) is 0 Å². The summed E-state index contributed by atoms with van der Waals surface area (Å²) in [5, 5.41) is 0. The highest BCUT2D eigenvalue weighted by atomic mass is 79.9. The highest BCUT2D eigenvalue weighted by molar-refractivity contribution is 9.10. The fourth-order valence-corrected chi connectivity index (χ4v) is 2.28. The van der Waals surface area contributed by atoms with Gasteiger partial charge in [-0.1, -0.05) is 0 Å². The fraction of sp³-hybridized carbons (Fsp3) is 0.455. The molecule has 2 rings (SSSR count). The summed E-state index contributed by atoms with van der Waals surface area (Å²) in [5.74, 6) is 0.136.